The molecule has 1 aliphatic rings. The first kappa shape index (κ1) is 12.9. The molecule has 3 heteroatoms. The molecule has 2 atom stereocenters. The highest BCUT2D eigenvalue weighted by molar-refractivity contribution is 7.17. The summed E-state index contributed by atoms with van der Waals surface area (Å²) in [5.74, 6) is 0.983. The zero-order chi connectivity index (χ0) is 14.2. The summed E-state index contributed by atoms with van der Waals surface area (Å²) < 4.78 is 6.96. The highest BCUT2D eigenvalue weighted by Crippen LogP contribution is 2.37. The predicted molar refractivity (Wildman–Crippen MR) is 86.2 cm³/mol. The van der Waals surface area contributed by atoms with Gasteiger partial charge in [-0.3, -0.25) is 0 Å². The predicted octanol–water partition coefficient (Wildman–Crippen LogP) is 3.98. The van der Waals surface area contributed by atoms with Gasteiger partial charge in [-0.25, -0.2) is 0 Å². The Bertz CT molecular complexity index is 777. The normalized spacial score (nSPS) is 18.4. The van der Waals surface area contributed by atoms with Gasteiger partial charge in [-0.15, -0.1) is 11.3 Å². The molecule has 2 unspecified atom stereocenters. The van der Waals surface area contributed by atoms with Gasteiger partial charge < -0.3 is 9.84 Å². The van der Waals surface area contributed by atoms with Crippen molar-refractivity contribution in [3.8, 4) is 5.75 Å². The van der Waals surface area contributed by atoms with E-state index in [1.165, 1.54) is 15.6 Å². The summed E-state index contributed by atoms with van der Waals surface area (Å²) in [4.78, 5) is 0. The van der Waals surface area contributed by atoms with E-state index in [1.54, 1.807) is 11.3 Å². The van der Waals surface area contributed by atoms with E-state index in [0.29, 0.717) is 13.0 Å². The number of rotatable bonds is 3. The molecule has 1 aromatic heterocycles. The van der Waals surface area contributed by atoms with Gasteiger partial charge >= 0.3 is 0 Å². The van der Waals surface area contributed by atoms with Crippen LogP contribution >= 0.6 is 11.3 Å². The minimum absolute atomic E-state index is 0.0693. The number of fused-ring (bicyclic) bond motifs is 2. The Morgan fingerprint density at radius 3 is 2.90 bits per heavy atom. The summed E-state index contributed by atoms with van der Waals surface area (Å²) in [5, 5.41) is 14.1. The Hall–Kier alpha value is -1.84. The minimum atomic E-state index is -0.411. The smallest absolute Gasteiger partial charge is 0.123 e. The Labute approximate surface area is 127 Å². The molecule has 2 aromatic carbocycles. The quantitative estimate of drug-likeness (QED) is 0.792. The molecule has 1 N–H and O–H groups in total. The molecule has 2 heterocycles. The highest BCUT2D eigenvalue weighted by atomic mass is 32.1. The molecular weight excluding hydrogens is 280 g/mol. The van der Waals surface area contributed by atoms with Crippen molar-refractivity contribution >= 4 is 21.4 Å². The summed E-state index contributed by atoms with van der Waals surface area (Å²) in [6.45, 7) is 0.572. The molecule has 0 radical (unpaired) electrons. The second-order valence-electron chi connectivity index (χ2n) is 5.48. The van der Waals surface area contributed by atoms with Gasteiger partial charge in [0.25, 0.3) is 0 Å². The van der Waals surface area contributed by atoms with Crippen LogP contribution in [0.1, 0.15) is 17.0 Å². The first-order chi connectivity index (χ1) is 10.3. The average Bonchev–Trinajstić information content (AvgIpc) is 3.12. The summed E-state index contributed by atoms with van der Waals surface area (Å²) in [5.41, 5.74) is 2.36. The summed E-state index contributed by atoms with van der Waals surface area (Å²) in [7, 11) is 0. The van der Waals surface area contributed by atoms with Crippen molar-refractivity contribution in [2.75, 3.05) is 6.61 Å². The molecule has 1 aliphatic heterocycles. The largest absolute Gasteiger partial charge is 0.493 e. The maximum atomic E-state index is 10.7. The monoisotopic (exact) mass is 296 g/mol. The number of aliphatic hydroxyl groups is 1. The molecule has 0 aliphatic carbocycles. The van der Waals surface area contributed by atoms with Crippen LogP contribution in [0.15, 0.2) is 53.9 Å². The van der Waals surface area contributed by atoms with Crippen molar-refractivity contribution in [1.82, 2.24) is 0 Å². The molecular formula is C18H16O2S. The molecule has 4 rings (SSSR count). The van der Waals surface area contributed by atoms with Crippen LogP contribution in [0.5, 0.6) is 5.75 Å². The number of hydrogen-bond acceptors (Lipinski definition) is 3. The maximum absolute atomic E-state index is 10.7. The van der Waals surface area contributed by atoms with Crippen molar-refractivity contribution in [3.05, 3.63) is 65.0 Å². The lowest BCUT2D eigenvalue weighted by Crippen LogP contribution is -2.22. The van der Waals surface area contributed by atoms with Crippen LogP contribution in [0.3, 0.4) is 0 Å². The van der Waals surface area contributed by atoms with Crippen LogP contribution in [0.2, 0.25) is 0 Å². The maximum Gasteiger partial charge on any atom is 0.123 e. The molecule has 0 spiro atoms. The molecule has 2 nitrogen and oxygen atoms in total. The first-order valence-corrected chi connectivity index (χ1v) is 8.06. The summed E-state index contributed by atoms with van der Waals surface area (Å²) in [6, 6.07) is 16.4. The van der Waals surface area contributed by atoms with E-state index in [4.69, 9.17) is 4.74 Å². The van der Waals surface area contributed by atoms with E-state index < -0.39 is 6.10 Å². The van der Waals surface area contributed by atoms with Crippen molar-refractivity contribution in [2.45, 2.75) is 18.4 Å². The van der Waals surface area contributed by atoms with Gasteiger partial charge in [-0.2, -0.15) is 0 Å². The van der Waals surface area contributed by atoms with Gasteiger partial charge in [0.05, 0.1) is 12.7 Å². The third-order valence-corrected chi connectivity index (χ3v) is 5.20. The average molecular weight is 296 g/mol. The number of ether oxygens (including phenoxy) is 1. The van der Waals surface area contributed by atoms with E-state index in [2.05, 4.69) is 35.7 Å². The highest BCUT2D eigenvalue weighted by Gasteiger charge is 2.30. The van der Waals surface area contributed by atoms with Crippen molar-refractivity contribution in [1.29, 1.82) is 0 Å². The van der Waals surface area contributed by atoms with E-state index in [-0.39, 0.29) is 5.92 Å². The van der Waals surface area contributed by atoms with Crippen molar-refractivity contribution in [2.24, 2.45) is 0 Å². The Balaban J connectivity index is 1.61. The fourth-order valence-electron chi connectivity index (χ4n) is 3.06. The minimum Gasteiger partial charge on any atom is -0.493 e. The van der Waals surface area contributed by atoms with Crippen LogP contribution < -0.4 is 4.74 Å². The summed E-state index contributed by atoms with van der Waals surface area (Å²) >= 11 is 1.74. The molecule has 0 fully saturated rings. The third kappa shape index (κ3) is 2.23. The van der Waals surface area contributed by atoms with E-state index in [9.17, 15) is 5.11 Å². The van der Waals surface area contributed by atoms with Gasteiger partial charge in [0.15, 0.2) is 0 Å². The van der Waals surface area contributed by atoms with E-state index >= 15 is 0 Å². The molecule has 3 aromatic rings. The fraction of sp³-hybridized carbons (Fsp3) is 0.222. The lowest BCUT2D eigenvalue weighted by Gasteiger charge is -2.16. The van der Waals surface area contributed by atoms with Crippen molar-refractivity contribution < 1.29 is 9.84 Å². The fourth-order valence-corrected chi connectivity index (χ4v) is 4.04. The molecule has 21 heavy (non-hydrogen) atoms. The zero-order valence-electron chi connectivity index (χ0n) is 11.5. The summed E-state index contributed by atoms with van der Waals surface area (Å²) in [6.07, 6.45) is 0.262. The topological polar surface area (TPSA) is 29.5 Å². The second kappa shape index (κ2) is 5.17. The molecule has 0 bridgehead atoms. The lowest BCUT2D eigenvalue weighted by molar-refractivity contribution is 0.129. The Kier molecular flexibility index (Phi) is 3.17. The lowest BCUT2D eigenvalue weighted by atomic mass is 9.91. The van der Waals surface area contributed by atoms with Crippen LogP contribution in [0, 0.1) is 0 Å². The van der Waals surface area contributed by atoms with Crippen LogP contribution in [0.25, 0.3) is 10.1 Å². The van der Waals surface area contributed by atoms with Gasteiger partial charge in [-0.1, -0.05) is 36.4 Å². The number of benzene rings is 2. The number of thiophene rings is 1. The molecule has 0 amide bonds. The van der Waals surface area contributed by atoms with Gasteiger partial charge in [0.2, 0.25) is 0 Å². The molecule has 0 saturated heterocycles. The Morgan fingerprint density at radius 1 is 1.14 bits per heavy atom. The third-order valence-electron chi connectivity index (χ3n) is 4.19. The second-order valence-corrected chi connectivity index (χ2v) is 6.40. The van der Waals surface area contributed by atoms with E-state index in [1.807, 2.05) is 18.2 Å². The standard InChI is InChI=1S/C18H16O2S/c19-16(15-10-20-17-7-3-1-6-14(15)17)9-12-11-21-18-8-4-2-5-13(12)18/h1-8,11,15-16,19H,9-10H2. The van der Waals surface area contributed by atoms with E-state index in [0.717, 1.165) is 11.3 Å². The zero-order valence-corrected chi connectivity index (χ0v) is 12.3. The number of aliphatic hydroxyl groups excluding tert-OH is 1. The first-order valence-electron chi connectivity index (χ1n) is 7.18. The number of para-hydroxylation sites is 1. The molecule has 106 valence electrons. The molecule has 0 saturated carbocycles. The van der Waals surface area contributed by atoms with Crippen LogP contribution in [0.4, 0.5) is 0 Å². The van der Waals surface area contributed by atoms with Crippen molar-refractivity contribution in [3.63, 3.8) is 0 Å². The van der Waals surface area contributed by atoms with Crippen LogP contribution in [-0.2, 0) is 6.42 Å². The Morgan fingerprint density at radius 2 is 1.95 bits per heavy atom. The van der Waals surface area contributed by atoms with Gasteiger partial charge in [0.1, 0.15) is 5.75 Å². The van der Waals surface area contributed by atoms with Gasteiger partial charge in [-0.05, 0) is 28.5 Å². The van der Waals surface area contributed by atoms with Gasteiger partial charge in [0, 0.05) is 22.6 Å². The van der Waals surface area contributed by atoms with Crippen LogP contribution in [-0.4, -0.2) is 17.8 Å². The number of hydrogen-bond donors (Lipinski definition) is 1. The SMILES string of the molecule is OC(Cc1csc2ccccc12)C1COc2ccccc21.